The first-order chi connectivity index (χ1) is 25.9. The summed E-state index contributed by atoms with van der Waals surface area (Å²) in [6.45, 7) is 5.55. The summed E-state index contributed by atoms with van der Waals surface area (Å²) in [6, 6.07) is 15.4. The van der Waals surface area contributed by atoms with Gasteiger partial charge in [-0.15, -0.1) is 0 Å². The molecule has 0 aromatic heterocycles. The molecule has 2 aliphatic heterocycles. The van der Waals surface area contributed by atoms with Crippen LogP contribution in [0.1, 0.15) is 164 Å². The van der Waals surface area contributed by atoms with Crippen LogP contribution in [0.2, 0.25) is 0 Å². The van der Waals surface area contributed by atoms with Gasteiger partial charge in [-0.3, -0.25) is 29.0 Å². The maximum Gasteiger partial charge on any atom is 0.261 e. The van der Waals surface area contributed by atoms with Crippen molar-refractivity contribution in [1.82, 2.24) is 9.80 Å². The molecule has 0 saturated carbocycles. The van der Waals surface area contributed by atoms with Crippen LogP contribution in [0.5, 0.6) is 0 Å². The lowest BCUT2D eigenvalue weighted by atomic mass is 9.82. The lowest BCUT2D eigenvalue weighted by Crippen LogP contribution is -2.47. The van der Waals surface area contributed by atoms with Gasteiger partial charge < -0.3 is 5.73 Å². The molecule has 0 bridgehead atoms. The molecule has 0 unspecified atom stereocenters. The molecular weight excluding hydrogens is 659 g/mol. The van der Waals surface area contributed by atoms with E-state index in [0.717, 1.165) is 147 Å². The van der Waals surface area contributed by atoms with Gasteiger partial charge in [-0.2, -0.15) is 0 Å². The number of imide groups is 2. The number of carbonyl (C=O) groups is 4. The minimum absolute atomic E-state index is 0.114. The van der Waals surface area contributed by atoms with Gasteiger partial charge in [0.1, 0.15) is 0 Å². The number of carbonyl (C=O) groups excluding carboxylic acids is 4. The van der Waals surface area contributed by atoms with Crippen LogP contribution in [-0.4, -0.2) is 52.6 Å². The molecule has 2 heterocycles. The number of benzene rings is 5. The van der Waals surface area contributed by atoms with Gasteiger partial charge in [0.05, 0.1) is 0 Å². The van der Waals surface area contributed by atoms with E-state index in [0.29, 0.717) is 34.2 Å². The van der Waals surface area contributed by atoms with Crippen LogP contribution in [0.3, 0.4) is 0 Å². The number of hydrogen-bond donors (Lipinski definition) is 1. The molecule has 0 aliphatic carbocycles. The summed E-state index contributed by atoms with van der Waals surface area (Å²) in [5.41, 5.74) is 7.88. The molecule has 0 radical (unpaired) electrons. The lowest BCUT2D eigenvalue weighted by molar-refractivity contribution is 0.0514. The summed E-state index contributed by atoms with van der Waals surface area (Å²) in [6.07, 6.45) is 17.9. The van der Waals surface area contributed by atoms with Crippen LogP contribution >= 0.6 is 0 Å². The summed E-state index contributed by atoms with van der Waals surface area (Å²) >= 11 is 0. The number of rotatable bonds is 20. The van der Waals surface area contributed by atoms with Gasteiger partial charge in [-0.05, 0) is 88.8 Å². The minimum atomic E-state index is -0.236. The van der Waals surface area contributed by atoms with Crippen molar-refractivity contribution in [1.29, 1.82) is 0 Å². The van der Waals surface area contributed by atoms with Crippen LogP contribution in [0, 0.1) is 0 Å². The van der Waals surface area contributed by atoms with Crippen molar-refractivity contribution in [2.45, 2.75) is 129 Å². The maximum atomic E-state index is 14.4. The zero-order valence-electron chi connectivity index (χ0n) is 31.7. The number of nitrogens with two attached hydrogens (primary N) is 1. The van der Waals surface area contributed by atoms with E-state index in [1.54, 1.807) is 4.90 Å². The molecule has 0 atom stereocenters. The second-order valence-corrected chi connectivity index (χ2v) is 15.5. The summed E-state index contributed by atoms with van der Waals surface area (Å²) < 4.78 is 0. The van der Waals surface area contributed by atoms with Crippen molar-refractivity contribution in [2.24, 2.45) is 5.73 Å². The van der Waals surface area contributed by atoms with E-state index < -0.39 is 0 Å². The zero-order chi connectivity index (χ0) is 37.1. The highest BCUT2D eigenvalue weighted by Crippen LogP contribution is 2.46. The number of nitrogens with zero attached hydrogens (tertiary/aromatic N) is 2. The Balaban J connectivity index is 1.23. The van der Waals surface area contributed by atoms with Gasteiger partial charge in [0.25, 0.3) is 23.6 Å². The summed E-state index contributed by atoms with van der Waals surface area (Å²) in [5, 5.41) is 6.92. The molecule has 7 heteroatoms. The van der Waals surface area contributed by atoms with Gasteiger partial charge in [-0.25, -0.2) is 0 Å². The van der Waals surface area contributed by atoms with Crippen LogP contribution in [-0.2, 0) is 0 Å². The molecule has 53 heavy (non-hydrogen) atoms. The number of amides is 4. The standard InChI is InChI=1S/C46H55N3O4/c1-3-5-7-14-18-30(19-15-8-6-4-2)49-45(52)37-26-22-33-31-20-24-35-41-36(44(51)48(43(35)50)29-17-13-11-9-10-12-16-28-47)25-21-32(39(31)41)34-23-27-38(46(49)53)42(37)40(33)34/h20-27,30H,3-19,28-29,47H2,1-2H3. The molecule has 5 aromatic rings. The fourth-order valence-electron chi connectivity index (χ4n) is 9.19. The second kappa shape index (κ2) is 16.3. The van der Waals surface area contributed by atoms with E-state index in [1.165, 1.54) is 11.3 Å². The summed E-state index contributed by atoms with van der Waals surface area (Å²) in [7, 11) is 0. The van der Waals surface area contributed by atoms with Crippen molar-refractivity contribution in [3.8, 4) is 0 Å². The van der Waals surface area contributed by atoms with E-state index in [9.17, 15) is 19.2 Å². The summed E-state index contributed by atoms with van der Waals surface area (Å²) in [5.74, 6) is -0.858. The van der Waals surface area contributed by atoms with Gasteiger partial charge in [0.2, 0.25) is 0 Å². The van der Waals surface area contributed by atoms with Gasteiger partial charge in [-0.1, -0.05) is 122 Å². The van der Waals surface area contributed by atoms with Crippen molar-refractivity contribution in [2.75, 3.05) is 13.1 Å². The van der Waals surface area contributed by atoms with Gasteiger partial charge in [0, 0.05) is 45.6 Å². The molecule has 0 spiro atoms. The number of hydrogen-bond acceptors (Lipinski definition) is 5. The average molecular weight is 714 g/mol. The molecule has 2 aliphatic rings. The quantitative estimate of drug-likeness (QED) is 0.0374. The van der Waals surface area contributed by atoms with E-state index in [-0.39, 0.29) is 29.7 Å². The molecule has 5 aromatic carbocycles. The summed E-state index contributed by atoms with van der Waals surface area (Å²) in [4.78, 5) is 59.7. The largest absolute Gasteiger partial charge is 0.330 e. The second-order valence-electron chi connectivity index (χ2n) is 15.5. The van der Waals surface area contributed by atoms with Crippen molar-refractivity contribution in [3.63, 3.8) is 0 Å². The first-order valence-electron chi connectivity index (χ1n) is 20.6. The third-order valence-corrected chi connectivity index (χ3v) is 12.0. The Labute approximate surface area is 313 Å². The fraction of sp³-hybridized carbons (Fsp3) is 0.478. The monoisotopic (exact) mass is 713 g/mol. The Morgan fingerprint density at radius 2 is 0.830 bits per heavy atom. The SMILES string of the molecule is CCCCCCC(CCCCCC)N1C(=O)c2ccc3c4ccc5c6c(ccc(c7ccc(c2c37)C1=O)c64)C(=O)N(CCCCCCCCCN)C5=O. The highest BCUT2D eigenvalue weighted by atomic mass is 16.2. The van der Waals surface area contributed by atoms with Crippen molar-refractivity contribution < 1.29 is 19.2 Å². The van der Waals surface area contributed by atoms with E-state index >= 15 is 0 Å². The van der Waals surface area contributed by atoms with Crippen LogP contribution in [0.25, 0.3) is 43.1 Å². The topological polar surface area (TPSA) is 101 Å². The molecule has 2 N–H and O–H groups in total. The van der Waals surface area contributed by atoms with Gasteiger partial charge >= 0.3 is 0 Å². The van der Waals surface area contributed by atoms with E-state index in [4.69, 9.17) is 5.73 Å². The zero-order valence-corrected chi connectivity index (χ0v) is 31.7. The predicted molar refractivity (Wildman–Crippen MR) is 216 cm³/mol. The Morgan fingerprint density at radius 1 is 0.453 bits per heavy atom. The minimum Gasteiger partial charge on any atom is -0.330 e. The molecule has 7 nitrogen and oxygen atoms in total. The Bertz CT molecular complexity index is 2040. The third-order valence-electron chi connectivity index (χ3n) is 12.0. The average Bonchev–Trinajstić information content (AvgIpc) is 3.17. The van der Waals surface area contributed by atoms with Gasteiger partial charge in [0.15, 0.2) is 0 Å². The Hall–Kier alpha value is -4.36. The predicted octanol–water partition coefficient (Wildman–Crippen LogP) is 10.9. The van der Waals surface area contributed by atoms with Crippen LogP contribution < -0.4 is 5.73 Å². The Kier molecular flexibility index (Phi) is 11.4. The first kappa shape index (κ1) is 37.0. The number of unbranched alkanes of at least 4 members (excludes halogenated alkanes) is 12. The highest BCUT2D eigenvalue weighted by Gasteiger charge is 2.39. The molecule has 0 fully saturated rings. The molecule has 7 rings (SSSR count). The molecular formula is C46H55N3O4. The third kappa shape index (κ3) is 6.71. The van der Waals surface area contributed by atoms with Crippen molar-refractivity contribution in [3.05, 3.63) is 70.8 Å². The van der Waals surface area contributed by atoms with Crippen molar-refractivity contribution >= 4 is 66.7 Å². The van der Waals surface area contributed by atoms with E-state index in [2.05, 4.69) is 13.8 Å². The molecule has 4 amide bonds. The highest BCUT2D eigenvalue weighted by molar-refractivity contribution is 6.41. The molecule has 0 saturated heterocycles. The number of fused-ring (bicyclic) bond motifs is 2. The van der Waals surface area contributed by atoms with Crippen LogP contribution in [0.15, 0.2) is 48.5 Å². The lowest BCUT2D eigenvalue weighted by Gasteiger charge is -2.35. The first-order valence-corrected chi connectivity index (χ1v) is 20.6. The Morgan fingerprint density at radius 3 is 1.25 bits per heavy atom. The maximum absolute atomic E-state index is 14.4. The van der Waals surface area contributed by atoms with E-state index in [1.807, 2.05) is 48.5 Å². The smallest absolute Gasteiger partial charge is 0.261 e. The fourth-order valence-corrected chi connectivity index (χ4v) is 9.19. The normalized spacial score (nSPS) is 14.5. The van der Waals surface area contributed by atoms with Crippen LogP contribution in [0.4, 0.5) is 0 Å². The molecule has 278 valence electrons.